The third kappa shape index (κ3) is 3.43. The molecule has 0 atom stereocenters. The Morgan fingerprint density at radius 1 is 0.559 bits per heavy atom. The first-order valence-corrected chi connectivity index (χ1v) is 11.6. The number of fused-ring (bicyclic) bond motifs is 1. The van der Waals surface area contributed by atoms with E-state index in [0.29, 0.717) is 0 Å². The molecule has 3 nitrogen and oxygen atoms in total. The molecule has 4 aromatic carbocycles. The lowest BCUT2D eigenvalue weighted by Gasteiger charge is -2.10. The minimum atomic E-state index is 0.900. The lowest BCUT2D eigenvalue weighted by atomic mass is 10.0. The molecule has 0 fully saturated rings. The highest BCUT2D eigenvalue weighted by atomic mass is 15.2. The van der Waals surface area contributed by atoms with E-state index in [1.807, 2.05) is 6.07 Å². The summed E-state index contributed by atoms with van der Waals surface area (Å²) >= 11 is 0. The van der Waals surface area contributed by atoms with E-state index in [2.05, 4.69) is 132 Å². The lowest BCUT2D eigenvalue weighted by molar-refractivity contribution is 1.08. The zero-order chi connectivity index (χ0) is 23.1. The fourth-order valence-corrected chi connectivity index (χ4v) is 4.53. The predicted molar refractivity (Wildman–Crippen MR) is 140 cm³/mol. The summed E-state index contributed by atoms with van der Waals surface area (Å²) in [4.78, 5) is 5.25. The van der Waals surface area contributed by atoms with Gasteiger partial charge in [0.15, 0.2) is 0 Å². The summed E-state index contributed by atoms with van der Waals surface area (Å²) in [5.74, 6) is 0.900. The summed E-state index contributed by atoms with van der Waals surface area (Å²) in [6.45, 7) is 4.24. The van der Waals surface area contributed by atoms with Gasteiger partial charge in [0.25, 0.3) is 0 Å². The van der Waals surface area contributed by atoms with Crippen molar-refractivity contribution in [2.75, 3.05) is 0 Å². The number of nitrogens with zero attached hydrogens (tertiary/aromatic N) is 3. The number of benzene rings is 4. The smallest absolute Gasteiger partial charge is 0.220 e. The SMILES string of the molecule is Cc1ccc(-c2cn3c(-c4ccccc4)c(-c4ccccc4)nc3n2-c2ccc(C)cc2)cc1. The molecular weight excluding hydrogens is 414 g/mol. The second-order valence-electron chi connectivity index (χ2n) is 8.76. The number of aryl methyl sites for hydroxylation is 2. The monoisotopic (exact) mass is 439 g/mol. The molecule has 0 aliphatic carbocycles. The van der Waals surface area contributed by atoms with Gasteiger partial charge in [0, 0.05) is 28.6 Å². The largest absolute Gasteiger partial charge is 0.282 e. The molecule has 2 heterocycles. The molecule has 0 N–H and O–H groups in total. The number of rotatable bonds is 4. The van der Waals surface area contributed by atoms with Crippen LogP contribution in [0.15, 0.2) is 115 Å². The molecule has 0 amide bonds. The number of imidazole rings is 2. The van der Waals surface area contributed by atoms with E-state index in [1.165, 1.54) is 11.1 Å². The van der Waals surface area contributed by atoms with Crippen molar-refractivity contribution in [3.05, 3.63) is 127 Å². The van der Waals surface area contributed by atoms with Crippen LogP contribution in [0, 0.1) is 13.8 Å². The molecule has 6 rings (SSSR count). The molecule has 0 unspecified atom stereocenters. The van der Waals surface area contributed by atoms with E-state index in [-0.39, 0.29) is 0 Å². The highest BCUT2D eigenvalue weighted by Crippen LogP contribution is 2.37. The van der Waals surface area contributed by atoms with Gasteiger partial charge in [0.1, 0.15) is 0 Å². The Bertz CT molecular complexity index is 1570. The van der Waals surface area contributed by atoms with Crippen molar-refractivity contribution in [3.63, 3.8) is 0 Å². The summed E-state index contributed by atoms with van der Waals surface area (Å²) in [7, 11) is 0. The highest BCUT2D eigenvalue weighted by Gasteiger charge is 2.22. The predicted octanol–water partition coefficient (Wildman–Crippen LogP) is 7.74. The average Bonchev–Trinajstić information content (AvgIpc) is 3.43. The zero-order valence-corrected chi connectivity index (χ0v) is 19.3. The van der Waals surface area contributed by atoms with Crippen molar-refractivity contribution in [2.45, 2.75) is 13.8 Å². The molecule has 0 spiro atoms. The Morgan fingerprint density at radius 2 is 1.12 bits per heavy atom. The summed E-state index contributed by atoms with van der Waals surface area (Å²) in [6, 6.07) is 38.4. The summed E-state index contributed by atoms with van der Waals surface area (Å²) in [5.41, 5.74) is 10.2. The van der Waals surface area contributed by atoms with Crippen molar-refractivity contribution in [2.24, 2.45) is 0 Å². The third-order valence-electron chi connectivity index (χ3n) is 6.32. The van der Waals surface area contributed by atoms with Crippen LogP contribution in [0.4, 0.5) is 0 Å². The summed E-state index contributed by atoms with van der Waals surface area (Å²) in [6.07, 6.45) is 2.22. The Morgan fingerprint density at radius 3 is 1.74 bits per heavy atom. The van der Waals surface area contributed by atoms with Crippen molar-refractivity contribution >= 4 is 5.78 Å². The average molecular weight is 440 g/mol. The van der Waals surface area contributed by atoms with Crippen LogP contribution in [0.2, 0.25) is 0 Å². The van der Waals surface area contributed by atoms with Crippen LogP contribution >= 0.6 is 0 Å². The molecule has 0 aliphatic rings. The minimum Gasteiger partial charge on any atom is -0.282 e. The van der Waals surface area contributed by atoms with E-state index in [9.17, 15) is 0 Å². The van der Waals surface area contributed by atoms with E-state index in [1.54, 1.807) is 0 Å². The van der Waals surface area contributed by atoms with Crippen LogP contribution in [-0.2, 0) is 0 Å². The van der Waals surface area contributed by atoms with Gasteiger partial charge in [-0.15, -0.1) is 0 Å². The number of hydrogen-bond donors (Lipinski definition) is 0. The molecule has 6 aromatic rings. The first-order valence-electron chi connectivity index (χ1n) is 11.6. The second kappa shape index (κ2) is 8.20. The molecule has 0 bridgehead atoms. The Balaban J connectivity index is 1.71. The van der Waals surface area contributed by atoms with Crippen LogP contribution in [0.5, 0.6) is 0 Å². The van der Waals surface area contributed by atoms with E-state index >= 15 is 0 Å². The van der Waals surface area contributed by atoms with Gasteiger partial charge >= 0.3 is 0 Å². The van der Waals surface area contributed by atoms with Gasteiger partial charge in [0.05, 0.1) is 17.1 Å². The molecule has 0 radical (unpaired) electrons. The fraction of sp³-hybridized carbons (Fsp3) is 0.0645. The summed E-state index contributed by atoms with van der Waals surface area (Å²) in [5, 5.41) is 0. The van der Waals surface area contributed by atoms with Gasteiger partial charge in [-0.2, -0.15) is 0 Å². The van der Waals surface area contributed by atoms with Crippen LogP contribution < -0.4 is 0 Å². The number of aromatic nitrogens is 3. The normalized spacial score (nSPS) is 11.2. The van der Waals surface area contributed by atoms with Crippen molar-refractivity contribution in [3.8, 4) is 39.5 Å². The maximum atomic E-state index is 5.25. The summed E-state index contributed by atoms with van der Waals surface area (Å²) < 4.78 is 4.51. The van der Waals surface area contributed by atoms with Crippen LogP contribution in [0.3, 0.4) is 0 Å². The minimum absolute atomic E-state index is 0.900. The maximum Gasteiger partial charge on any atom is 0.220 e. The Labute approximate surface area is 199 Å². The molecule has 3 heteroatoms. The number of hydrogen-bond acceptors (Lipinski definition) is 1. The van der Waals surface area contributed by atoms with E-state index in [0.717, 1.165) is 45.2 Å². The fourth-order valence-electron chi connectivity index (χ4n) is 4.53. The van der Waals surface area contributed by atoms with E-state index < -0.39 is 0 Å². The van der Waals surface area contributed by atoms with Crippen LogP contribution in [0.1, 0.15) is 11.1 Å². The van der Waals surface area contributed by atoms with Crippen LogP contribution in [0.25, 0.3) is 45.2 Å². The topological polar surface area (TPSA) is 22.2 Å². The molecular formula is C31H25N3. The molecule has 34 heavy (non-hydrogen) atoms. The highest BCUT2D eigenvalue weighted by molar-refractivity contribution is 5.83. The second-order valence-corrected chi connectivity index (χ2v) is 8.76. The first-order chi connectivity index (χ1) is 16.7. The molecule has 164 valence electrons. The van der Waals surface area contributed by atoms with Crippen molar-refractivity contribution in [1.29, 1.82) is 0 Å². The van der Waals surface area contributed by atoms with Gasteiger partial charge in [-0.1, -0.05) is 108 Å². The molecule has 0 saturated heterocycles. The van der Waals surface area contributed by atoms with Crippen molar-refractivity contribution in [1.82, 2.24) is 14.0 Å². The van der Waals surface area contributed by atoms with Crippen LogP contribution in [-0.4, -0.2) is 14.0 Å². The zero-order valence-electron chi connectivity index (χ0n) is 19.3. The lowest BCUT2D eigenvalue weighted by Crippen LogP contribution is -1.98. The standard InChI is InChI=1S/C31H25N3/c1-22-13-17-24(18-14-22)28-21-33-30(26-11-7-4-8-12-26)29(25-9-5-3-6-10-25)32-31(33)34(28)27-19-15-23(2)16-20-27/h3-21H,1-2H3. The Hall–Kier alpha value is -4.37. The van der Waals surface area contributed by atoms with Gasteiger partial charge in [-0.05, 0) is 26.0 Å². The van der Waals surface area contributed by atoms with Gasteiger partial charge in [-0.3, -0.25) is 8.97 Å². The molecule has 0 aliphatic heterocycles. The maximum absolute atomic E-state index is 5.25. The van der Waals surface area contributed by atoms with E-state index in [4.69, 9.17) is 4.98 Å². The van der Waals surface area contributed by atoms with Gasteiger partial charge < -0.3 is 0 Å². The molecule has 2 aromatic heterocycles. The van der Waals surface area contributed by atoms with Gasteiger partial charge in [-0.25, -0.2) is 4.98 Å². The first kappa shape index (κ1) is 20.3. The quantitative estimate of drug-likeness (QED) is 0.275. The Kier molecular flexibility index (Phi) is 4.88. The molecule has 0 saturated carbocycles. The third-order valence-corrected chi connectivity index (χ3v) is 6.32. The van der Waals surface area contributed by atoms with Crippen molar-refractivity contribution < 1.29 is 0 Å². The van der Waals surface area contributed by atoms with Gasteiger partial charge in [0.2, 0.25) is 5.78 Å².